The topological polar surface area (TPSA) is 50.4 Å². The molecule has 0 aliphatic carbocycles. The van der Waals surface area contributed by atoms with Crippen LogP contribution in [0.15, 0.2) is 0 Å². The lowest BCUT2D eigenvalue weighted by Gasteiger charge is -2.38. The van der Waals surface area contributed by atoms with Gasteiger partial charge in [-0.1, -0.05) is 6.92 Å². The van der Waals surface area contributed by atoms with Crippen molar-refractivity contribution in [3.63, 3.8) is 0 Å². The van der Waals surface area contributed by atoms with Crippen molar-refractivity contribution in [2.45, 2.75) is 32.6 Å². The van der Waals surface area contributed by atoms with Gasteiger partial charge in [0.05, 0.1) is 13.2 Å². The molecule has 2 rings (SSSR count). The van der Waals surface area contributed by atoms with E-state index in [1.54, 1.807) is 0 Å². The minimum Gasteiger partial charge on any atom is -0.380 e. The summed E-state index contributed by atoms with van der Waals surface area (Å²) in [5, 5.41) is 6.41. The number of ether oxygens (including phenoxy) is 1. The van der Waals surface area contributed by atoms with Crippen molar-refractivity contribution >= 4 is 5.91 Å². The van der Waals surface area contributed by atoms with Crippen LogP contribution in [0.5, 0.6) is 0 Å². The first-order valence-corrected chi connectivity index (χ1v) is 6.73. The predicted octanol–water partition coefficient (Wildman–Crippen LogP) is 0.919. The van der Waals surface area contributed by atoms with E-state index in [1.807, 2.05) is 0 Å². The maximum Gasteiger partial charge on any atom is 0.220 e. The Morgan fingerprint density at radius 2 is 2.35 bits per heavy atom. The molecule has 0 saturated carbocycles. The quantitative estimate of drug-likeness (QED) is 0.751. The molecule has 0 spiro atoms. The molecule has 2 fully saturated rings. The number of piperidine rings is 1. The van der Waals surface area contributed by atoms with Crippen molar-refractivity contribution < 1.29 is 9.53 Å². The highest BCUT2D eigenvalue weighted by molar-refractivity contribution is 5.75. The molecule has 1 amide bonds. The van der Waals surface area contributed by atoms with Gasteiger partial charge in [-0.3, -0.25) is 4.79 Å². The Morgan fingerprint density at radius 1 is 1.53 bits per heavy atom. The summed E-state index contributed by atoms with van der Waals surface area (Å²) < 4.78 is 5.17. The molecule has 2 heterocycles. The Hall–Kier alpha value is -0.610. The summed E-state index contributed by atoms with van der Waals surface area (Å²) in [6.07, 6.45) is 4.21. The monoisotopic (exact) mass is 240 g/mol. The SMILES string of the molecule is CC1(CNC(=O)CCC2CCCNC2)COC1. The van der Waals surface area contributed by atoms with Gasteiger partial charge in [0.15, 0.2) is 0 Å². The lowest BCUT2D eigenvalue weighted by Crippen LogP contribution is -2.48. The fourth-order valence-electron chi connectivity index (χ4n) is 2.46. The second-order valence-corrected chi connectivity index (χ2v) is 5.83. The highest BCUT2D eigenvalue weighted by Crippen LogP contribution is 2.25. The highest BCUT2D eigenvalue weighted by Gasteiger charge is 2.33. The molecule has 4 nitrogen and oxygen atoms in total. The molecule has 98 valence electrons. The largest absolute Gasteiger partial charge is 0.380 e. The summed E-state index contributed by atoms with van der Waals surface area (Å²) >= 11 is 0. The summed E-state index contributed by atoms with van der Waals surface area (Å²) in [6.45, 7) is 6.69. The number of hydrogen-bond donors (Lipinski definition) is 2. The zero-order chi connectivity index (χ0) is 12.1. The first-order chi connectivity index (χ1) is 8.18. The summed E-state index contributed by atoms with van der Waals surface area (Å²) in [5.41, 5.74) is 0.183. The molecule has 0 bridgehead atoms. The van der Waals surface area contributed by atoms with Crippen LogP contribution in [0.1, 0.15) is 32.6 Å². The molecular weight excluding hydrogens is 216 g/mol. The van der Waals surface area contributed by atoms with Crippen molar-refractivity contribution in [1.82, 2.24) is 10.6 Å². The zero-order valence-corrected chi connectivity index (χ0v) is 10.8. The van der Waals surface area contributed by atoms with Gasteiger partial charge in [-0.2, -0.15) is 0 Å². The zero-order valence-electron chi connectivity index (χ0n) is 10.8. The number of hydrogen-bond acceptors (Lipinski definition) is 3. The third-order valence-corrected chi connectivity index (χ3v) is 3.79. The number of rotatable bonds is 5. The van der Waals surface area contributed by atoms with Gasteiger partial charge in [0.1, 0.15) is 0 Å². The number of amides is 1. The van der Waals surface area contributed by atoms with Crippen LogP contribution >= 0.6 is 0 Å². The third-order valence-electron chi connectivity index (χ3n) is 3.79. The van der Waals surface area contributed by atoms with Crippen molar-refractivity contribution in [3.8, 4) is 0 Å². The van der Waals surface area contributed by atoms with Gasteiger partial charge < -0.3 is 15.4 Å². The number of carbonyl (C=O) groups is 1. The third kappa shape index (κ3) is 3.96. The normalized spacial score (nSPS) is 27.2. The predicted molar refractivity (Wildman–Crippen MR) is 66.8 cm³/mol. The molecule has 0 radical (unpaired) electrons. The van der Waals surface area contributed by atoms with E-state index < -0.39 is 0 Å². The molecule has 2 aliphatic heterocycles. The van der Waals surface area contributed by atoms with E-state index in [0.717, 1.165) is 39.3 Å². The molecule has 0 aromatic rings. The Bertz CT molecular complexity index is 258. The second-order valence-electron chi connectivity index (χ2n) is 5.83. The molecular formula is C13H24N2O2. The van der Waals surface area contributed by atoms with Crippen LogP contribution in [0.4, 0.5) is 0 Å². The summed E-state index contributed by atoms with van der Waals surface area (Å²) in [5.74, 6) is 0.890. The first-order valence-electron chi connectivity index (χ1n) is 6.73. The van der Waals surface area contributed by atoms with E-state index in [4.69, 9.17) is 4.74 Å². The molecule has 17 heavy (non-hydrogen) atoms. The van der Waals surface area contributed by atoms with Gasteiger partial charge in [0.25, 0.3) is 0 Å². The maximum atomic E-state index is 11.7. The van der Waals surface area contributed by atoms with Crippen molar-refractivity contribution in [2.75, 3.05) is 32.8 Å². The van der Waals surface area contributed by atoms with Gasteiger partial charge >= 0.3 is 0 Å². The van der Waals surface area contributed by atoms with E-state index in [1.165, 1.54) is 12.8 Å². The molecule has 2 aliphatic rings. The molecule has 4 heteroatoms. The Kier molecular flexibility index (Phi) is 4.40. The lowest BCUT2D eigenvalue weighted by atomic mass is 9.88. The van der Waals surface area contributed by atoms with Crippen LogP contribution in [-0.2, 0) is 9.53 Å². The minimum atomic E-state index is 0.183. The Labute approximate surface area is 103 Å². The van der Waals surface area contributed by atoms with E-state index in [2.05, 4.69) is 17.6 Å². The van der Waals surface area contributed by atoms with Crippen molar-refractivity contribution in [3.05, 3.63) is 0 Å². The summed E-state index contributed by atoms with van der Waals surface area (Å²) in [6, 6.07) is 0. The first kappa shape index (κ1) is 12.8. The lowest BCUT2D eigenvalue weighted by molar-refractivity contribution is -0.127. The molecule has 1 unspecified atom stereocenters. The Morgan fingerprint density at radius 3 is 2.94 bits per heavy atom. The van der Waals surface area contributed by atoms with Gasteiger partial charge in [-0.25, -0.2) is 0 Å². The number of carbonyl (C=O) groups excluding carboxylic acids is 1. The van der Waals surface area contributed by atoms with Crippen LogP contribution in [0.25, 0.3) is 0 Å². The number of nitrogens with one attached hydrogen (secondary N) is 2. The van der Waals surface area contributed by atoms with Crippen molar-refractivity contribution in [2.24, 2.45) is 11.3 Å². The fourth-order valence-corrected chi connectivity index (χ4v) is 2.46. The van der Waals surface area contributed by atoms with Crippen molar-refractivity contribution in [1.29, 1.82) is 0 Å². The van der Waals surface area contributed by atoms with E-state index >= 15 is 0 Å². The summed E-state index contributed by atoms with van der Waals surface area (Å²) in [4.78, 5) is 11.7. The van der Waals surface area contributed by atoms with E-state index in [-0.39, 0.29) is 11.3 Å². The van der Waals surface area contributed by atoms with Crippen LogP contribution in [0, 0.1) is 11.3 Å². The summed E-state index contributed by atoms with van der Waals surface area (Å²) in [7, 11) is 0. The average Bonchev–Trinajstić information content (AvgIpc) is 2.33. The van der Waals surface area contributed by atoms with E-state index in [0.29, 0.717) is 12.3 Å². The molecule has 1 atom stereocenters. The van der Waals surface area contributed by atoms with Gasteiger partial charge in [0, 0.05) is 18.4 Å². The second kappa shape index (κ2) is 5.83. The molecule has 2 N–H and O–H groups in total. The highest BCUT2D eigenvalue weighted by atomic mass is 16.5. The van der Waals surface area contributed by atoms with Gasteiger partial charge in [-0.05, 0) is 38.3 Å². The molecule has 0 aromatic carbocycles. The van der Waals surface area contributed by atoms with Crippen LogP contribution in [-0.4, -0.2) is 38.8 Å². The van der Waals surface area contributed by atoms with Crippen LogP contribution < -0.4 is 10.6 Å². The molecule has 2 saturated heterocycles. The maximum absolute atomic E-state index is 11.7. The van der Waals surface area contributed by atoms with Crippen LogP contribution in [0.2, 0.25) is 0 Å². The fraction of sp³-hybridized carbons (Fsp3) is 0.923. The average molecular weight is 240 g/mol. The standard InChI is InChI=1S/C13H24N2O2/c1-13(9-17-10-13)8-15-12(16)5-4-11-3-2-6-14-7-11/h11,14H,2-10H2,1H3,(H,15,16). The Balaban J connectivity index is 1.57. The molecule has 0 aromatic heterocycles. The minimum absolute atomic E-state index is 0.183. The van der Waals surface area contributed by atoms with Gasteiger partial charge in [-0.15, -0.1) is 0 Å². The smallest absolute Gasteiger partial charge is 0.220 e. The van der Waals surface area contributed by atoms with E-state index in [9.17, 15) is 4.79 Å². The van der Waals surface area contributed by atoms with Crippen LogP contribution in [0.3, 0.4) is 0 Å². The van der Waals surface area contributed by atoms with Gasteiger partial charge in [0.2, 0.25) is 5.91 Å².